The third-order valence-electron chi connectivity index (χ3n) is 4.04. The Morgan fingerprint density at radius 3 is 2.44 bits per heavy atom. The van der Waals surface area contributed by atoms with Gasteiger partial charge in [-0.2, -0.15) is 0 Å². The molecule has 0 radical (unpaired) electrons. The number of hydrogen-bond acceptors (Lipinski definition) is 4. The summed E-state index contributed by atoms with van der Waals surface area (Å²) in [6.07, 6.45) is 0.789. The lowest BCUT2D eigenvalue weighted by molar-refractivity contribution is -0.153. The smallest absolute Gasteiger partial charge is 0.335 e. The van der Waals surface area contributed by atoms with Crippen molar-refractivity contribution in [3.05, 3.63) is 65.2 Å². The number of methoxy groups -OCH3 is 1. The molecule has 0 saturated heterocycles. The number of carbonyl (C=O) groups excluding carboxylic acids is 1. The Hall–Kier alpha value is -2.33. The molecule has 0 aromatic heterocycles. The minimum Gasteiger partial charge on any atom is -0.489 e. The molecule has 2 aromatic rings. The Kier molecular flexibility index (Phi) is 7.48. The Bertz CT molecular complexity index is 667. The zero-order chi connectivity index (χ0) is 18.1. The minimum atomic E-state index is -0.573. The van der Waals surface area contributed by atoms with Gasteiger partial charge in [-0.1, -0.05) is 43.3 Å². The van der Waals surface area contributed by atoms with Crippen molar-refractivity contribution in [2.45, 2.75) is 39.4 Å². The first-order valence-electron chi connectivity index (χ1n) is 8.65. The average molecular weight is 342 g/mol. The number of ether oxygens (including phenoxy) is 3. The molecule has 0 fully saturated rings. The fourth-order valence-corrected chi connectivity index (χ4v) is 2.70. The van der Waals surface area contributed by atoms with Gasteiger partial charge in [0.2, 0.25) is 0 Å². The van der Waals surface area contributed by atoms with Crippen LogP contribution in [0.15, 0.2) is 48.5 Å². The Labute approximate surface area is 149 Å². The molecule has 2 aromatic carbocycles. The molecule has 0 heterocycles. The van der Waals surface area contributed by atoms with Gasteiger partial charge in [0.05, 0.1) is 7.11 Å². The van der Waals surface area contributed by atoms with Crippen molar-refractivity contribution in [1.29, 1.82) is 0 Å². The highest BCUT2D eigenvalue weighted by Gasteiger charge is 2.21. The van der Waals surface area contributed by atoms with Gasteiger partial charge in [0, 0.05) is 13.0 Å². The molecule has 0 N–H and O–H groups in total. The molecule has 1 unspecified atom stereocenters. The van der Waals surface area contributed by atoms with Gasteiger partial charge in [-0.05, 0) is 42.2 Å². The molecule has 4 heteroatoms. The second-order valence-corrected chi connectivity index (χ2v) is 5.73. The van der Waals surface area contributed by atoms with Crippen molar-refractivity contribution >= 4 is 5.97 Å². The summed E-state index contributed by atoms with van der Waals surface area (Å²) < 4.78 is 16.2. The highest BCUT2D eigenvalue weighted by molar-refractivity contribution is 5.75. The SMILES string of the molecule is CCOC(Cc1ccc(OCc2ccccc2)cc1CC)C(=O)OC. The minimum absolute atomic E-state index is 0.340. The quantitative estimate of drug-likeness (QED) is 0.647. The van der Waals surface area contributed by atoms with Gasteiger partial charge in [-0.25, -0.2) is 4.79 Å². The molecular formula is C21H26O4. The van der Waals surface area contributed by atoms with E-state index in [0.29, 0.717) is 19.6 Å². The number of hydrogen-bond donors (Lipinski definition) is 0. The lowest BCUT2D eigenvalue weighted by atomic mass is 9.99. The van der Waals surface area contributed by atoms with Gasteiger partial charge in [0.15, 0.2) is 6.10 Å². The lowest BCUT2D eigenvalue weighted by Gasteiger charge is -2.17. The topological polar surface area (TPSA) is 44.8 Å². The molecule has 0 aliphatic heterocycles. The Morgan fingerprint density at radius 1 is 1.04 bits per heavy atom. The maximum atomic E-state index is 11.9. The molecule has 0 saturated carbocycles. The first kappa shape index (κ1) is 19.0. The molecular weight excluding hydrogens is 316 g/mol. The van der Waals surface area contributed by atoms with Crippen LogP contribution in [0.4, 0.5) is 0 Å². The second-order valence-electron chi connectivity index (χ2n) is 5.73. The fraction of sp³-hybridized carbons (Fsp3) is 0.381. The van der Waals surface area contributed by atoms with Gasteiger partial charge < -0.3 is 14.2 Å². The van der Waals surface area contributed by atoms with E-state index in [9.17, 15) is 4.79 Å². The average Bonchev–Trinajstić information content (AvgIpc) is 2.66. The van der Waals surface area contributed by atoms with Crippen LogP contribution in [0, 0.1) is 0 Å². The van der Waals surface area contributed by atoms with E-state index in [1.807, 2.05) is 55.5 Å². The molecule has 2 rings (SSSR count). The Balaban J connectivity index is 2.08. The van der Waals surface area contributed by atoms with Crippen LogP contribution in [-0.2, 0) is 33.7 Å². The second kappa shape index (κ2) is 9.84. The van der Waals surface area contributed by atoms with Gasteiger partial charge in [-0.3, -0.25) is 0 Å². The molecule has 0 aliphatic carbocycles. The van der Waals surface area contributed by atoms with Crippen molar-refractivity contribution in [1.82, 2.24) is 0 Å². The Morgan fingerprint density at radius 2 is 1.80 bits per heavy atom. The maximum Gasteiger partial charge on any atom is 0.335 e. The van der Waals surface area contributed by atoms with E-state index < -0.39 is 6.10 Å². The number of esters is 1. The molecule has 1 atom stereocenters. The van der Waals surface area contributed by atoms with Gasteiger partial charge in [0.1, 0.15) is 12.4 Å². The monoisotopic (exact) mass is 342 g/mol. The van der Waals surface area contributed by atoms with E-state index in [1.54, 1.807) is 0 Å². The van der Waals surface area contributed by atoms with Crippen LogP contribution in [0.5, 0.6) is 5.75 Å². The number of aryl methyl sites for hydroxylation is 1. The van der Waals surface area contributed by atoms with E-state index in [1.165, 1.54) is 7.11 Å². The molecule has 4 nitrogen and oxygen atoms in total. The van der Waals surface area contributed by atoms with E-state index in [4.69, 9.17) is 14.2 Å². The zero-order valence-electron chi connectivity index (χ0n) is 15.2. The van der Waals surface area contributed by atoms with E-state index >= 15 is 0 Å². The summed E-state index contributed by atoms with van der Waals surface area (Å²) in [4.78, 5) is 11.9. The third-order valence-corrected chi connectivity index (χ3v) is 4.04. The summed E-state index contributed by atoms with van der Waals surface area (Å²) >= 11 is 0. The summed E-state index contributed by atoms with van der Waals surface area (Å²) in [6, 6.07) is 16.1. The van der Waals surface area contributed by atoms with Crippen molar-refractivity contribution in [3.63, 3.8) is 0 Å². The van der Waals surface area contributed by atoms with Gasteiger partial charge >= 0.3 is 5.97 Å². The highest BCUT2D eigenvalue weighted by Crippen LogP contribution is 2.22. The van der Waals surface area contributed by atoms with Crippen LogP contribution in [0.1, 0.15) is 30.5 Å². The molecule has 25 heavy (non-hydrogen) atoms. The summed E-state index contributed by atoms with van der Waals surface area (Å²) in [5.41, 5.74) is 3.37. The van der Waals surface area contributed by atoms with Crippen LogP contribution in [0.25, 0.3) is 0 Å². The summed E-state index contributed by atoms with van der Waals surface area (Å²) in [5, 5.41) is 0. The standard InChI is InChI=1S/C21H26O4/c1-4-17-13-19(25-15-16-9-7-6-8-10-16)12-11-18(17)14-20(24-5-2)21(22)23-3/h6-13,20H,4-5,14-15H2,1-3H3. The number of carbonyl (C=O) groups is 1. The lowest BCUT2D eigenvalue weighted by Crippen LogP contribution is -2.28. The highest BCUT2D eigenvalue weighted by atomic mass is 16.6. The van der Waals surface area contributed by atoms with E-state index in [-0.39, 0.29) is 5.97 Å². The summed E-state index contributed by atoms with van der Waals surface area (Å²) in [5.74, 6) is 0.490. The van der Waals surface area contributed by atoms with Crippen LogP contribution in [0.3, 0.4) is 0 Å². The van der Waals surface area contributed by atoms with E-state index in [2.05, 4.69) is 6.92 Å². The molecule has 0 aliphatic rings. The van der Waals surface area contributed by atoms with Crippen LogP contribution < -0.4 is 4.74 Å². The van der Waals surface area contributed by atoms with Crippen molar-refractivity contribution in [2.75, 3.05) is 13.7 Å². The van der Waals surface area contributed by atoms with Crippen molar-refractivity contribution < 1.29 is 19.0 Å². The normalized spacial score (nSPS) is 11.8. The predicted octanol–water partition coefficient (Wildman–Crippen LogP) is 3.95. The molecule has 0 amide bonds. The van der Waals surface area contributed by atoms with Crippen LogP contribution >= 0.6 is 0 Å². The largest absolute Gasteiger partial charge is 0.489 e. The van der Waals surface area contributed by atoms with Crippen molar-refractivity contribution in [2.24, 2.45) is 0 Å². The van der Waals surface area contributed by atoms with E-state index in [0.717, 1.165) is 28.9 Å². The molecule has 0 bridgehead atoms. The summed E-state index contributed by atoms with van der Waals surface area (Å²) in [7, 11) is 1.38. The number of rotatable bonds is 9. The maximum absolute atomic E-state index is 11.9. The first-order chi connectivity index (χ1) is 12.2. The molecule has 134 valence electrons. The van der Waals surface area contributed by atoms with Gasteiger partial charge in [-0.15, -0.1) is 0 Å². The summed E-state index contributed by atoms with van der Waals surface area (Å²) in [6.45, 7) is 4.97. The van der Waals surface area contributed by atoms with Gasteiger partial charge in [0.25, 0.3) is 0 Å². The van der Waals surface area contributed by atoms with Crippen LogP contribution in [0.2, 0.25) is 0 Å². The van der Waals surface area contributed by atoms with Crippen molar-refractivity contribution in [3.8, 4) is 5.75 Å². The first-order valence-corrected chi connectivity index (χ1v) is 8.65. The third kappa shape index (κ3) is 5.61. The fourth-order valence-electron chi connectivity index (χ4n) is 2.70. The predicted molar refractivity (Wildman–Crippen MR) is 97.7 cm³/mol. The number of benzene rings is 2. The zero-order valence-corrected chi connectivity index (χ0v) is 15.2. The van der Waals surface area contributed by atoms with Crippen LogP contribution in [-0.4, -0.2) is 25.8 Å². The molecule has 0 spiro atoms.